The van der Waals surface area contributed by atoms with Gasteiger partial charge in [0.05, 0.1) is 13.7 Å². The summed E-state index contributed by atoms with van der Waals surface area (Å²) in [4.78, 5) is 11.2. The number of fused-ring (bicyclic) bond motifs is 1. The summed E-state index contributed by atoms with van der Waals surface area (Å²) in [6.07, 6.45) is 3.19. The van der Waals surface area contributed by atoms with Crippen LogP contribution in [0.5, 0.6) is 5.75 Å². The maximum absolute atomic E-state index is 11.2. The molecule has 0 aliphatic heterocycles. The number of rotatable bonds is 4. The zero-order valence-corrected chi connectivity index (χ0v) is 11.1. The van der Waals surface area contributed by atoms with Gasteiger partial charge in [0, 0.05) is 6.08 Å². The van der Waals surface area contributed by atoms with Gasteiger partial charge in [-0.2, -0.15) is 0 Å². The van der Waals surface area contributed by atoms with Crippen molar-refractivity contribution in [3.63, 3.8) is 0 Å². The first-order valence-electron chi connectivity index (χ1n) is 6.15. The minimum Gasteiger partial charge on any atom is -0.497 e. The van der Waals surface area contributed by atoms with Crippen molar-refractivity contribution in [2.24, 2.45) is 0 Å². The molecule has 0 aliphatic rings. The highest BCUT2D eigenvalue weighted by molar-refractivity contribution is 5.90. The predicted octanol–water partition coefficient (Wildman–Crippen LogP) is 3.42. The number of ether oxygens (including phenoxy) is 2. The quantitative estimate of drug-likeness (QED) is 0.621. The Hall–Kier alpha value is -2.29. The fourth-order valence-electron chi connectivity index (χ4n) is 1.83. The van der Waals surface area contributed by atoms with Crippen molar-refractivity contribution in [1.29, 1.82) is 0 Å². The summed E-state index contributed by atoms with van der Waals surface area (Å²) in [5.41, 5.74) is 0.964. The van der Waals surface area contributed by atoms with Crippen LogP contribution in [0.25, 0.3) is 16.8 Å². The first kappa shape index (κ1) is 13.1. The zero-order chi connectivity index (χ0) is 13.7. The van der Waals surface area contributed by atoms with Gasteiger partial charge in [-0.15, -0.1) is 0 Å². The molecule has 0 aromatic heterocycles. The Morgan fingerprint density at radius 2 is 1.89 bits per heavy atom. The number of methoxy groups -OCH3 is 1. The average molecular weight is 256 g/mol. The molecule has 0 N–H and O–H groups in total. The lowest BCUT2D eigenvalue weighted by atomic mass is 10.1. The van der Waals surface area contributed by atoms with E-state index in [0.717, 1.165) is 22.1 Å². The molecule has 0 aliphatic carbocycles. The predicted molar refractivity (Wildman–Crippen MR) is 76.2 cm³/mol. The lowest BCUT2D eigenvalue weighted by Crippen LogP contribution is -1.98. The molecule has 0 fully saturated rings. The van der Waals surface area contributed by atoms with Crippen molar-refractivity contribution in [2.75, 3.05) is 13.7 Å². The van der Waals surface area contributed by atoms with Gasteiger partial charge in [0.15, 0.2) is 0 Å². The van der Waals surface area contributed by atoms with Gasteiger partial charge in [-0.3, -0.25) is 0 Å². The summed E-state index contributed by atoms with van der Waals surface area (Å²) in [5.74, 6) is 0.514. The highest BCUT2D eigenvalue weighted by Crippen LogP contribution is 2.22. The van der Waals surface area contributed by atoms with Crippen molar-refractivity contribution in [2.45, 2.75) is 6.92 Å². The van der Waals surface area contributed by atoms with Gasteiger partial charge in [-0.05, 0) is 47.5 Å². The Labute approximate surface area is 112 Å². The van der Waals surface area contributed by atoms with E-state index in [1.807, 2.05) is 36.4 Å². The topological polar surface area (TPSA) is 35.5 Å². The lowest BCUT2D eigenvalue weighted by molar-refractivity contribution is -0.137. The molecule has 2 rings (SSSR count). The van der Waals surface area contributed by atoms with E-state index in [4.69, 9.17) is 9.47 Å². The molecule has 0 atom stereocenters. The Kier molecular flexibility index (Phi) is 4.18. The molecule has 3 nitrogen and oxygen atoms in total. The van der Waals surface area contributed by atoms with Crippen LogP contribution < -0.4 is 4.74 Å². The van der Waals surface area contributed by atoms with Gasteiger partial charge in [-0.1, -0.05) is 18.2 Å². The van der Waals surface area contributed by atoms with Crippen LogP contribution in [0.3, 0.4) is 0 Å². The van der Waals surface area contributed by atoms with Crippen LogP contribution in [0.1, 0.15) is 12.5 Å². The summed E-state index contributed by atoms with van der Waals surface area (Å²) in [6, 6.07) is 11.9. The van der Waals surface area contributed by atoms with Crippen molar-refractivity contribution in [3.05, 3.63) is 48.0 Å². The minimum atomic E-state index is -0.322. The Morgan fingerprint density at radius 3 is 2.63 bits per heavy atom. The van der Waals surface area contributed by atoms with Crippen molar-refractivity contribution >= 4 is 22.8 Å². The molecule has 2 aromatic carbocycles. The molecule has 2 aromatic rings. The van der Waals surface area contributed by atoms with Gasteiger partial charge in [0.2, 0.25) is 0 Å². The van der Waals surface area contributed by atoms with Gasteiger partial charge >= 0.3 is 5.97 Å². The summed E-state index contributed by atoms with van der Waals surface area (Å²) in [7, 11) is 1.65. The summed E-state index contributed by atoms with van der Waals surface area (Å²) < 4.78 is 10.0. The second-order valence-corrected chi connectivity index (χ2v) is 4.06. The average Bonchev–Trinajstić information content (AvgIpc) is 2.44. The highest BCUT2D eigenvalue weighted by atomic mass is 16.5. The molecule has 0 amide bonds. The van der Waals surface area contributed by atoms with E-state index in [1.54, 1.807) is 20.1 Å². The number of hydrogen-bond donors (Lipinski definition) is 0. The second-order valence-electron chi connectivity index (χ2n) is 4.06. The number of carbonyl (C=O) groups excluding carboxylic acids is 1. The fraction of sp³-hybridized carbons (Fsp3) is 0.188. The molecule has 0 saturated heterocycles. The number of hydrogen-bond acceptors (Lipinski definition) is 3. The van der Waals surface area contributed by atoms with Gasteiger partial charge in [-0.25, -0.2) is 4.79 Å². The first-order valence-corrected chi connectivity index (χ1v) is 6.15. The van der Waals surface area contributed by atoms with Crippen LogP contribution >= 0.6 is 0 Å². The van der Waals surface area contributed by atoms with Crippen LogP contribution in [-0.2, 0) is 9.53 Å². The molecule has 19 heavy (non-hydrogen) atoms. The maximum atomic E-state index is 11.2. The number of benzene rings is 2. The Morgan fingerprint density at radius 1 is 1.16 bits per heavy atom. The standard InChI is InChI=1S/C16H16O3/c1-3-19-16(17)9-5-12-4-6-14-11-15(18-2)8-7-13(14)10-12/h4-11H,3H2,1-2H3. The van der Waals surface area contributed by atoms with Crippen LogP contribution in [0, 0.1) is 0 Å². The summed E-state index contributed by atoms with van der Waals surface area (Å²) >= 11 is 0. The van der Waals surface area contributed by atoms with Crippen molar-refractivity contribution < 1.29 is 14.3 Å². The minimum absolute atomic E-state index is 0.322. The molecular weight excluding hydrogens is 240 g/mol. The van der Waals surface area contributed by atoms with Gasteiger partial charge in [0.1, 0.15) is 5.75 Å². The second kappa shape index (κ2) is 6.05. The van der Waals surface area contributed by atoms with E-state index < -0.39 is 0 Å². The lowest BCUT2D eigenvalue weighted by Gasteiger charge is -2.03. The van der Waals surface area contributed by atoms with E-state index in [2.05, 4.69) is 0 Å². The smallest absolute Gasteiger partial charge is 0.330 e. The molecule has 0 unspecified atom stereocenters. The third-order valence-electron chi connectivity index (χ3n) is 2.77. The van der Waals surface area contributed by atoms with Crippen molar-refractivity contribution in [3.8, 4) is 5.75 Å². The number of carbonyl (C=O) groups is 1. The monoisotopic (exact) mass is 256 g/mol. The first-order chi connectivity index (χ1) is 9.22. The molecule has 0 saturated carbocycles. The highest BCUT2D eigenvalue weighted by Gasteiger charge is 1.98. The van der Waals surface area contributed by atoms with E-state index in [9.17, 15) is 4.79 Å². The zero-order valence-electron chi connectivity index (χ0n) is 11.1. The molecule has 3 heteroatoms. The molecule has 0 bridgehead atoms. The van der Waals surface area contributed by atoms with Crippen LogP contribution in [0.2, 0.25) is 0 Å². The van der Waals surface area contributed by atoms with E-state index in [1.165, 1.54) is 6.08 Å². The maximum Gasteiger partial charge on any atom is 0.330 e. The Balaban J connectivity index is 2.24. The van der Waals surface area contributed by atoms with Crippen LogP contribution in [0.15, 0.2) is 42.5 Å². The third-order valence-corrected chi connectivity index (χ3v) is 2.77. The molecule has 0 radical (unpaired) electrons. The molecule has 0 heterocycles. The molecule has 98 valence electrons. The Bertz CT molecular complexity index is 614. The van der Waals surface area contributed by atoms with Gasteiger partial charge in [0.25, 0.3) is 0 Å². The van der Waals surface area contributed by atoms with Crippen LogP contribution in [-0.4, -0.2) is 19.7 Å². The van der Waals surface area contributed by atoms with E-state index >= 15 is 0 Å². The SMILES string of the molecule is CCOC(=O)C=Cc1ccc2cc(OC)ccc2c1. The van der Waals surface area contributed by atoms with Crippen LogP contribution in [0.4, 0.5) is 0 Å². The molecule has 0 spiro atoms. The van der Waals surface area contributed by atoms with E-state index in [0.29, 0.717) is 6.61 Å². The molecular formula is C16H16O3. The third kappa shape index (κ3) is 3.35. The number of esters is 1. The van der Waals surface area contributed by atoms with E-state index in [-0.39, 0.29) is 5.97 Å². The fourth-order valence-corrected chi connectivity index (χ4v) is 1.83. The summed E-state index contributed by atoms with van der Waals surface area (Å²) in [6.45, 7) is 2.18. The normalized spacial score (nSPS) is 10.8. The summed E-state index contributed by atoms with van der Waals surface area (Å²) in [5, 5.41) is 2.21. The largest absolute Gasteiger partial charge is 0.497 e. The van der Waals surface area contributed by atoms with Crippen molar-refractivity contribution in [1.82, 2.24) is 0 Å². The van der Waals surface area contributed by atoms with Gasteiger partial charge < -0.3 is 9.47 Å².